The summed E-state index contributed by atoms with van der Waals surface area (Å²) in [7, 11) is 1.61. The highest BCUT2D eigenvalue weighted by Crippen LogP contribution is 2.57. The number of anilines is 1. The van der Waals surface area contributed by atoms with E-state index in [2.05, 4.69) is 11.5 Å². The summed E-state index contributed by atoms with van der Waals surface area (Å²) < 4.78 is 23.4. The lowest BCUT2D eigenvalue weighted by molar-refractivity contribution is 0.0496. The van der Waals surface area contributed by atoms with E-state index in [-0.39, 0.29) is 23.8 Å². The number of hydrogen-bond donors (Lipinski definition) is 1. The van der Waals surface area contributed by atoms with Gasteiger partial charge in [-0.2, -0.15) is 0 Å². The number of benzene rings is 2. The van der Waals surface area contributed by atoms with Gasteiger partial charge in [-0.15, -0.1) is 0 Å². The minimum atomic E-state index is -1.24. The first kappa shape index (κ1) is 33.9. The quantitative estimate of drug-likeness (QED) is 0.223. The first-order valence-electron chi connectivity index (χ1n) is 18.6. The van der Waals surface area contributed by atoms with Gasteiger partial charge in [-0.3, -0.25) is 9.59 Å². The molecule has 0 aromatic heterocycles. The molecule has 3 amide bonds. The summed E-state index contributed by atoms with van der Waals surface area (Å²) in [4.78, 5) is 45.7. The summed E-state index contributed by atoms with van der Waals surface area (Å²) in [5.74, 6) is 1.74. The zero-order valence-electron chi connectivity index (χ0n) is 29.8. The molecule has 11 nitrogen and oxygen atoms in total. The second-order valence-electron chi connectivity index (χ2n) is 15.7. The highest BCUT2D eigenvalue weighted by Gasteiger charge is 2.58. The van der Waals surface area contributed by atoms with E-state index < -0.39 is 18.4 Å². The van der Waals surface area contributed by atoms with Gasteiger partial charge in [0.05, 0.1) is 37.6 Å². The van der Waals surface area contributed by atoms with E-state index in [1.807, 2.05) is 19.1 Å². The number of aliphatic hydroxyl groups excluding tert-OH is 1. The Kier molecular flexibility index (Phi) is 8.67. The maximum absolute atomic E-state index is 13.8. The Morgan fingerprint density at radius 3 is 2.29 bits per heavy atom. The number of ether oxygens (including phenoxy) is 4. The summed E-state index contributed by atoms with van der Waals surface area (Å²) in [6, 6.07) is 7.14. The molecule has 2 saturated heterocycles. The van der Waals surface area contributed by atoms with Gasteiger partial charge in [-0.25, -0.2) is 9.69 Å². The third-order valence-corrected chi connectivity index (χ3v) is 12.2. The molecule has 2 saturated carbocycles. The van der Waals surface area contributed by atoms with Crippen molar-refractivity contribution < 1.29 is 38.4 Å². The smallest absolute Gasteiger partial charge is 0.416 e. The van der Waals surface area contributed by atoms with Crippen molar-refractivity contribution in [2.24, 2.45) is 10.8 Å². The van der Waals surface area contributed by atoms with Crippen molar-refractivity contribution >= 4 is 23.6 Å². The molecular formula is C40H49N3O8. The Balaban J connectivity index is 0.882. The zero-order chi connectivity index (χ0) is 35.5. The largest absolute Gasteiger partial charge is 0.493 e. The minimum absolute atomic E-state index is 0.0127. The van der Waals surface area contributed by atoms with Crippen LogP contribution in [-0.2, 0) is 11.2 Å². The van der Waals surface area contributed by atoms with Gasteiger partial charge in [-0.1, -0.05) is 12.7 Å². The minimum Gasteiger partial charge on any atom is -0.493 e. The van der Waals surface area contributed by atoms with Gasteiger partial charge in [0.2, 0.25) is 0 Å². The molecule has 4 fully saturated rings. The van der Waals surface area contributed by atoms with Crippen molar-refractivity contribution in [3.05, 3.63) is 59.2 Å². The predicted molar refractivity (Wildman–Crippen MR) is 190 cm³/mol. The fraction of sp³-hybridized carbons (Fsp3) is 0.575. The number of carbonyl (C=O) groups is 3. The SMILES string of the molecule is C=CCOC(=O)N1c2cc(OCCCCCOc3cc4c(cc3OC)C(=O)N3CC5(CC5)C[C@H]3CC4)c(C)cc2C(=O)N2CC3(CC3)C[C@H]2[C@@H]1O. The first-order valence-corrected chi connectivity index (χ1v) is 18.6. The van der Waals surface area contributed by atoms with Crippen LogP contribution in [0.5, 0.6) is 17.2 Å². The van der Waals surface area contributed by atoms with Crippen LogP contribution in [-0.4, -0.2) is 91.1 Å². The monoisotopic (exact) mass is 699 g/mol. The third kappa shape index (κ3) is 6.21. The highest BCUT2D eigenvalue weighted by molar-refractivity contribution is 6.06. The number of nitrogens with zero attached hydrogens (tertiary/aromatic N) is 3. The van der Waals surface area contributed by atoms with Gasteiger partial charge in [0.1, 0.15) is 12.4 Å². The van der Waals surface area contributed by atoms with Crippen LogP contribution in [0.25, 0.3) is 0 Å². The van der Waals surface area contributed by atoms with Gasteiger partial charge >= 0.3 is 6.09 Å². The van der Waals surface area contributed by atoms with Crippen molar-refractivity contribution in [3.63, 3.8) is 0 Å². The Bertz CT molecular complexity index is 1750. The molecule has 2 aromatic carbocycles. The lowest BCUT2D eigenvalue weighted by Crippen LogP contribution is -2.50. The second-order valence-corrected chi connectivity index (χ2v) is 15.7. The summed E-state index contributed by atoms with van der Waals surface area (Å²) in [6.45, 7) is 7.90. The van der Waals surface area contributed by atoms with E-state index >= 15 is 0 Å². The van der Waals surface area contributed by atoms with Crippen molar-refractivity contribution in [2.75, 3.05) is 44.9 Å². The Morgan fingerprint density at radius 2 is 1.59 bits per heavy atom. The highest BCUT2D eigenvalue weighted by atomic mass is 16.6. The van der Waals surface area contributed by atoms with E-state index in [1.54, 1.807) is 24.1 Å². The molecule has 2 aliphatic carbocycles. The molecule has 3 atom stereocenters. The zero-order valence-corrected chi connectivity index (χ0v) is 29.8. The lowest BCUT2D eigenvalue weighted by Gasteiger charge is -2.31. The van der Waals surface area contributed by atoms with Crippen LogP contribution in [0.4, 0.5) is 10.5 Å². The topological polar surface area (TPSA) is 118 Å². The molecule has 6 aliphatic rings. The number of aliphatic hydroxyl groups is 1. The summed E-state index contributed by atoms with van der Waals surface area (Å²) in [5, 5.41) is 11.5. The van der Waals surface area contributed by atoms with Gasteiger partial charge in [-0.05, 0) is 118 Å². The van der Waals surface area contributed by atoms with E-state index in [0.717, 1.165) is 74.6 Å². The third-order valence-electron chi connectivity index (χ3n) is 12.2. The molecule has 0 unspecified atom stereocenters. The van der Waals surface area contributed by atoms with Crippen molar-refractivity contribution in [1.82, 2.24) is 9.80 Å². The average Bonchev–Trinajstić information content (AvgIpc) is 4.00. The van der Waals surface area contributed by atoms with Gasteiger partial charge in [0.25, 0.3) is 11.8 Å². The molecule has 2 aromatic rings. The van der Waals surface area contributed by atoms with Crippen LogP contribution in [0.15, 0.2) is 36.9 Å². The van der Waals surface area contributed by atoms with Gasteiger partial charge < -0.3 is 33.9 Å². The fourth-order valence-corrected chi connectivity index (χ4v) is 8.91. The summed E-state index contributed by atoms with van der Waals surface area (Å²) in [6.07, 6.45) is 10.1. The van der Waals surface area contributed by atoms with E-state index in [9.17, 15) is 19.5 Å². The number of methoxy groups -OCH3 is 1. The molecule has 51 heavy (non-hydrogen) atoms. The number of carbonyl (C=O) groups excluding carboxylic acids is 3. The van der Waals surface area contributed by atoms with Crippen LogP contribution in [0.2, 0.25) is 0 Å². The van der Waals surface area contributed by atoms with Crippen LogP contribution in [0.1, 0.15) is 96.1 Å². The molecular weight excluding hydrogens is 650 g/mol. The van der Waals surface area contributed by atoms with E-state index in [0.29, 0.717) is 66.1 Å². The molecule has 0 radical (unpaired) electrons. The second kappa shape index (κ2) is 13.1. The number of fused-ring (bicyclic) bond motifs is 4. The van der Waals surface area contributed by atoms with Gasteiger partial charge in [0, 0.05) is 30.8 Å². The average molecular weight is 700 g/mol. The lowest BCUT2D eigenvalue weighted by atomic mass is 9.97. The van der Waals surface area contributed by atoms with E-state index in [4.69, 9.17) is 18.9 Å². The molecule has 0 bridgehead atoms. The van der Waals surface area contributed by atoms with Crippen molar-refractivity contribution in [2.45, 2.75) is 95.9 Å². The first-order chi connectivity index (χ1) is 24.6. The normalized spacial score (nSPS) is 24.7. The Labute approximate surface area is 299 Å². The maximum Gasteiger partial charge on any atom is 0.416 e. The van der Waals surface area contributed by atoms with Gasteiger partial charge in [0.15, 0.2) is 17.7 Å². The Morgan fingerprint density at radius 1 is 0.902 bits per heavy atom. The standard InChI is InChI=1S/C40H49N3O8/c1-4-14-51-38(47)43-30-20-32(25(2)17-29(30)36(45)42-24-40(12-13-40)22-31(42)37(43)46)49-15-6-5-7-16-50-34-18-26-8-9-27-21-39(10-11-39)23-41(27)35(44)28(26)19-33(34)48-3/h4,17-20,27,31,37,46H,1,5-16,21-24H2,2-3H3/t27-,31+,37+/m1/s1. The van der Waals surface area contributed by atoms with Crippen LogP contribution < -0.4 is 19.1 Å². The number of unbranched alkanes of at least 4 members (excludes halogenated alkanes) is 2. The molecule has 2 spiro atoms. The number of aryl methyl sites for hydroxylation is 2. The molecule has 4 heterocycles. The van der Waals surface area contributed by atoms with Crippen LogP contribution in [0, 0.1) is 17.8 Å². The molecule has 272 valence electrons. The van der Waals surface area contributed by atoms with E-state index in [1.165, 1.54) is 23.8 Å². The summed E-state index contributed by atoms with van der Waals surface area (Å²) in [5.41, 5.74) is 3.64. The summed E-state index contributed by atoms with van der Waals surface area (Å²) >= 11 is 0. The molecule has 4 aliphatic heterocycles. The maximum atomic E-state index is 13.8. The van der Waals surface area contributed by atoms with Crippen LogP contribution in [0.3, 0.4) is 0 Å². The number of hydrogen-bond acceptors (Lipinski definition) is 8. The number of rotatable bonds is 11. The Hall–Kier alpha value is -4.25. The van der Waals surface area contributed by atoms with Crippen molar-refractivity contribution in [1.29, 1.82) is 0 Å². The molecule has 8 rings (SSSR count). The van der Waals surface area contributed by atoms with Crippen molar-refractivity contribution in [3.8, 4) is 17.2 Å². The van der Waals surface area contributed by atoms with Crippen LogP contribution >= 0.6 is 0 Å². The molecule has 1 N–H and O–H groups in total. The fourth-order valence-electron chi connectivity index (χ4n) is 8.91. The number of amides is 3. The predicted octanol–water partition coefficient (Wildman–Crippen LogP) is 6.03. The molecule has 11 heteroatoms.